The van der Waals surface area contributed by atoms with Crippen LogP contribution in [0.2, 0.25) is 0 Å². The van der Waals surface area contributed by atoms with E-state index < -0.39 is 17.6 Å². The largest absolute Gasteiger partial charge is 0.356 e. The van der Waals surface area contributed by atoms with Gasteiger partial charge in [0.15, 0.2) is 0 Å². The Kier molecular flexibility index (Phi) is 5.24. The molecule has 3 aromatic rings. The van der Waals surface area contributed by atoms with E-state index in [1.807, 2.05) is 30.3 Å². The van der Waals surface area contributed by atoms with Gasteiger partial charge in [0.05, 0.1) is 0 Å². The summed E-state index contributed by atoms with van der Waals surface area (Å²) >= 11 is 0. The van der Waals surface area contributed by atoms with Crippen LogP contribution in [0.4, 0.5) is 27.1 Å². The molecule has 0 saturated heterocycles. The Bertz CT molecular complexity index is 912. The number of benzene rings is 3. The maximum absolute atomic E-state index is 13.1. The summed E-state index contributed by atoms with van der Waals surface area (Å²) in [6.45, 7) is 0. The molecule has 130 valence electrons. The van der Waals surface area contributed by atoms with Crippen LogP contribution >= 0.6 is 0 Å². The molecule has 0 saturated carbocycles. The van der Waals surface area contributed by atoms with Crippen molar-refractivity contribution in [1.29, 1.82) is 0 Å². The van der Waals surface area contributed by atoms with Crippen LogP contribution in [0.5, 0.6) is 0 Å². The summed E-state index contributed by atoms with van der Waals surface area (Å²) in [5.74, 6) is -2.20. The number of para-hydroxylation sites is 1. The van der Waals surface area contributed by atoms with Gasteiger partial charge in [-0.3, -0.25) is 9.59 Å². The van der Waals surface area contributed by atoms with E-state index in [-0.39, 0.29) is 5.69 Å². The lowest BCUT2D eigenvalue weighted by Crippen LogP contribution is -2.29. The third kappa shape index (κ3) is 4.67. The second-order valence-electron chi connectivity index (χ2n) is 5.49. The Balaban J connectivity index is 1.58. The van der Waals surface area contributed by atoms with Crippen LogP contribution in [0.25, 0.3) is 0 Å². The van der Waals surface area contributed by atoms with E-state index in [2.05, 4.69) is 16.0 Å². The van der Waals surface area contributed by atoms with Crippen molar-refractivity contribution < 1.29 is 14.0 Å². The molecule has 0 aliphatic carbocycles. The second-order valence-corrected chi connectivity index (χ2v) is 5.49. The van der Waals surface area contributed by atoms with E-state index in [1.54, 1.807) is 24.3 Å². The highest BCUT2D eigenvalue weighted by molar-refractivity contribution is 6.43. The number of hydrogen-bond donors (Lipinski definition) is 3. The lowest BCUT2D eigenvalue weighted by Gasteiger charge is -2.09. The summed E-state index contributed by atoms with van der Waals surface area (Å²) in [6, 6.07) is 21.9. The first-order valence-corrected chi connectivity index (χ1v) is 7.90. The number of amides is 2. The smallest absolute Gasteiger partial charge is 0.314 e. The summed E-state index contributed by atoms with van der Waals surface area (Å²) in [7, 11) is 0. The first-order chi connectivity index (χ1) is 12.6. The molecule has 0 atom stereocenters. The number of halogens is 1. The molecule has 0 aromatic heterocycles. The van der Waals surface area contributed by atoms with E-state index in [9.17, 15) is 14.0 Å². The van der Waals surface area contributed by atoms with Crippen LogP contribution in [0.15, 0.2) is 78.9 Å². The van der Waals surface area contributed by atoms with Gasteiger partial charge in [0.2, 0.25) is 0 Å². The van der Waals surface area contributed by atoms with Crippen LogP contribution in [-0.4, -0.2) is 11.8 Å². The van der Waals surface area contributed by atoms with Gasteiger partial charge in [-0.1, -0.05) is 24.3 Å². The first-order valence-electron chi connectivity index (χ1n) is 7.90. The molecular formula is C20H16FN3O2. The molecule has 3 aromatic carbocycles. The van der Waals surface area contributed by atoms with Crippen molar-refractivity contribution in [3.05, 3.63) is 84.7 Å². The van der Waals surface area contributed by atoms with Crippen LogP contribution in [0.1, 0.15) is 0 Å². The highest BCUT2D eigenvalue weighted by atomic mass is 19.1. The highest BCUT2D eigenvalue weighted by Crippen LogP contribution is 2.18. The third-order valence-corrected chi connectivity index (χ3v) is 3.49. The highest BCUT2D eigenvalue weighted by Gasteiger charge is 2.14. The van der Waals surface area contributed by atoms with Crippen LogP contribution in [-0.2, 0) is 9.59 Å². The zero-order chi connectivity index (χ0) is 18.4. The van der Waals surface area contributed by atoms with E-state index in [4.69, 9.17) is 0 Å². The van der Waals surface area contributed by atoms with Crippen LogP contribution in [0.3, 0.4) is 0 Å². The SMILES string of the molecule is O=C(Nc1ccc(Nc2ccccc2)cc1)C(=O)Nc1cccc(F)c1. The Hall–Kier alpha value is -3.67. The maximum Gasteiger partial charge on any atom is 0.314 e. The molecule has 3 rings (SSSR count). The summed E-state index contributed by atoms with van der Waals surface area (Å²) in [6.07, 6.45) is 0. The Labute approximate surface area is 149 Å². The fraction of sp³-hybridized carbons (Fsp3) is 0. The van der Waals surface area contributed by atoms with Gasteiger partial charge < -0.3 is 16.0 Å². The van der Waals surface area contributed by atoms with Crippen molar-refractivity contribution in [2.75, 3.05) is 16.0 Å². The monoisotopic (exact) mass is 349 g/mol. The number of rotatable bonds is 4. The number of hydrogen-bond acceptors (Lipinski definition) is 3. The van der Waals surface area contributed by atoms with E-state index in [0.29, 0.717) is 5.69 Å². The molecule has 5 nitrogen and oxygen atoms in total. The Morgan fingerprint density at radius 1 is 0.615 bits per heavy atom. The van der Waals surface area contributed by atoms with Crippen molar-refractivity contribution in [3.63, 3.8) is 0 Å². The molecular weight excluding hydrogens is 333 g/mol. The van der Waals surface area contributed by atoms with Gasteiger partial charge in [-0.05, 0) is 54.6 Å². The molecule has 0 radical (unpaired) electrons. The second kappa shape index (κ2) is 7.94. The normalized spacial score (nSPS) is 10.0. The number of anilines is 4. The quantitative estimate of drug-likeness (QED) is 0.620. The molecule has 26 heavy (non-hydrogen) atoms. The molecule has 0 aliphatic rings. The van der Waals surface area contributed by atoms with Crippen molar-refractivity contribution in [2.45, 2.75) is 0 Å². The first kappa shape index (κ1) is 17.2. The number of carbonyl (C=O) groups is 2. The van der Waals surface area contributed by atoms with Crippen molar-refractivity contribution in [1.82, 2.24) is 0 Å². The average Bonchev–Trinajstić information content (AvgIpc) is 2.64. The molecule has 6 heteroatoms. The van der Waals surface area contributed by atoms with Crippen molar-refractivity contribution >= 4 is 34.6 Å². The molecule has 0 aliphatic heterocycles. The fourth-order valence-corrected chi connectivity index (χ4v) is 2.27. The fourth-order valence-electron chi connectivity index (χ4n) is 2.27. The Morgan fingerprint density at radius 2 is 1.15 bits per heavy atom. The predicted molar refractivity (Wildman–Crippen MR) is 99.8 cm³/mol. The number of carbonyl (C=O) groups excluding carboxylic acids is 2. The van der Waals surface area contributed by atoms with Gasteiger partial charge >= 0.3 is 11.8 Å². The number of nitrogens with one attached hydrogen (secondary N) is 3. The zero-order valence-electron chi connectivity index (χ0n) is 13.7. The van der Waals surface area contributed by atoms with Gasteiger partial charge in [0.1, 0.15) is 5.82 Å². The summed E-state index contributed by atoms with van der Waals surface area (Å²) < 4.78 is 13.1. The summed E-state index contributed by atoms with van der Waals surface area (Å²) in [5.41, 5.74) is 2.48. The molecule has 0 heterocycles. The molecule has 0 spiro atoms. The van der Waals surface area contributed by atoms with E-state index in [1.165, 1.54) is 18.2 Å². The van der Waals surface area contributed by atoms with Gasteiger partial charge in [0.25, 0.3) is 0 Å². The lowest BCUT2D eigenvalue weighted by molar-refractivity contribution is -0.133. The predicted octanol–water partition coefficient (Wildman–Crippen LogP) is 4.15. The lowest BCUT2D eigenvalue weighted by atomic mass is 10.2. The minimum atomic E-state index is -0.873. The van der Waals surface area contributed by atoms with E-state index in [0.717, 1.165) is 17.4 Å². The summed E-state index contributed by atoms with van der Waals surface area (Å²) in [4.78, 5) is 23.8. The standard InChI is InChI=1S/C20H16FN3O2/c21-14-5-4-8-18(13-14)24-20(26)19(25)23-17-11-9-16(10-12-17)22-15-6-2-1-3-7-15/h1-13,22H,(H,23,25)(H,24,26). The topological polar surface area (TPSA) is 70.2 Å². The molecule has 3 N–H and O–H groups in total. The molecule has 0 fully saturated rings. The Morgan fingerprint density at radius 3 is 1.81 bits per heavy atom. The van der Waals surface area contributed by atoms with Gasteiger partial charge in [0, 0.05) is 22.7 Å². The molecule has 0 unspecified atom stereocenters. The molecule has 0 bridgehead atoms. The molecule has 2 amide bonds. The van der Waals surface area contributed by atoms with Crippen molar-refractivity contribution in [3.8, 4) is 0 Å². The summed E-state index contributed by atoms with van der Waals surface area (Å²) in [5, 5.41) is 8.06. The van der Waals surface area contributed by atoms with Crippen LogP contribution < -0.4 is 16.0 Å². The third-order valence-electron chi connectivity index (χ3n) is 3.49. The maximum atomic E-state index is 13.1. The van der Waals surface area contributed by atoms with Crippen molar-refractivity contribution in [2.24, 2.45) is 0 Å². The zero-order valence-corrected chi connectivity index (χ0v) is 13.7. The van der Waals surface area contributed by atoms with Gasteiger partial charge in [-0.15, -0.1) is 0 Å². The minimum Gasteiger partial charge on any atom is -0.356 e. The minimum absolute atomic E-state index is 0.215. The average molecular weight is 349 g/mol. The van der Waals surface area contributed by atoms with Gasteiger partial charge in [-0.2, -0.15) is 0 Å². The van der Waals surface area contributed by atoms with E-state index >= 15 is 0 Å². The van der Waals surface area contributed by atoms with Crippen LogP contribution in [0, 0.1) is 5.82 Å². The van der Waals surface area contributed by atoms with Gasteiger partial charge in [-0.25, -0.2) is 4.39 Å².